The van der Waals surface area contributed by atoms with E-state index < -0.39 is 5.09 Å². The van der Waals surface area contributed by atoms with Gasteiger partial charge in [0.25, 0.3) is 0 Å². The van der Waals surface area contributed by atoms with Crippen molar-refractivity contribution >= 4 is 5.91 Å². The maximum absolute atomic E-state index is 10.5. The quantitative estimate of drug-likeness (QED) is 0.120. The van der Waals surface area contributed by atoms with Crippen LogP contribution in [0.15, 0.2) is 12.2 Å². The van der Waals surface area contributed by atoms with Crippen LogP contribution in [0.3, 0.4) is 0 Å². The number of nitrogens with two attached hydrogens (primary N) is 1. The summed E-state index contributed by atoms with van der Waals surface area (Å²) in [6.07, 6.45) is 21.9. The van der Waals surface area contributed by atoms with Gasteiger partial charge in [0.15, 0.2) is 0 Å². The molecule has 0 atom stereocenters. The first-order valence-electron chi connectivity index (χ1n) is 9.25. The van der Waals surface area contributed by atoms with Gasteiger partial charge in [-0.1, -0.05) is 70.4 Å². The van der Waals surface area contributed by atoms with Gasteiger partial charge in [0.1, 0.15) is 0 Å². The van der Waals surface area contributed by atoms with Crippen molar-refractivity contribution in [2.75, 3.05) is 0 Å². The van der Waals surface area contributed by atoms with Gasteiger partial charge in [0.2, 0.25) is 5.91 Å². The van der Waals surface area contributed by atoms with E-state index in [-0.39, 0.29) is 28.3 Å². The van der Waals surface area contributed by atoms with E-state index >= 15 is 0 Å². The molecule has 0 heterocycles. The summed E-state index contributed by atoms with van der Waals surface area (Å²) in [5.41, 5.74) is 5.10. The van der Waals surface area contributed by atoms with Crippen molar-refractivity contribution < 1.29 is 32.3 Å². The molecule has 0 aliphatic rings. The zero-order valence-corrected chi connectivity index (χ0v) is 17.0. The molecule has 2 N–H and O–H groups in total. The largest absolute Gasteiger partial charge is 1.00 e. The minimum atomic E-state index is -1.75. The second kappa shape index (κ2) is 25.4. The van der Waals surface area contributed by atoms with E-state index in [9.17, 15) is 4.79 Å². The van der Waals surface area contributed by atoms with Crippen LogP contribution in [0, 0.1) is 15.3 Å². The van der Waals surface area contributed by atoms with Gasteiger partial charge in [-0.2, -0.15) is 0 Å². The van der Waals surface area contributed by atoms with E-state index in [0.29, 0.717) is 6.42 Å². The van der Waals surface area contributed by atoms with Gasteiger partial charge in [-0.05, 0) is 32.1 Å². The molecule has 0 aliphatic carbocycles. The number of hydrogen-bond donors (Lipinski definition) is 1. The van der Waals surface area contributed by atoms with Crippen LogP contribution in [0.25, 0.3) is 0 Å². The summed E-state index contributed by atoms with van der Waals surface area (Å²) in [6.45, 7) is 2.26. The van der Waals surface area contributed by atoms with E-state index in [1.54, 1.807) is 0 Å². The molecule has 25 heavy (non-hydrogen) atoms. The van der Waals surface area contributed by atoms with Crippen molar-refractivity contribution in [3.8, 4) is 0 Å². The number of carbonyl (C=O) groups is 1. The van der Waals surface area contributed by atoms with E-state index in [1.165, 1.54) is 70.6 Å². The van der Waals surface area contributed by atoms with Crippen LogP contribution in [0.4, 0.5) is 0 Å². The van der Waals surface area contributed by atoms with Crippen molar-refractivity contribution in [3.63, 3.8) is 0 Å². The molecular formula is C18H35AgN2O4. The molecule has 0 bridgehead atoms. The molecule has 0 aromatic carbocycles. The zero-order valence-electron chi connectivity index (χ0n) is 15.5. The van der Waals surface area contributed by atoms with Crippen LogP contribution in [0.1, 0.15) is 96.8 Å². The molecule has 0 spiro atoms. The Bertz CT molecular complexity index is 322. The fourth-order valence-corrected chi connectivity index (χ4v) is 2.37. The Balaban J connectivity index is -0.000000867. The molecule has 0 aromatic heterocycles. The number of primary amides is 1. The van der Waals surface area contributed by atoms with Gasteiger partial charge < -0.3 is 21.1 Å². The van der Waals surface area contributed by atoms with E-state index in [0.717, 1.165) is 12.8 Å². The second-order valence-electron chi connectivity index (χ2n) is 6.02. The first kappa shape index (κ1) is 28.9. The molecule has 7 heteroatoms. The Morgan fingerprint density at radius 2 is 1.20 bits per heavy atom. The number of amides is 1. The third-order valence-corrected chi connectivity index (χ3v) is 3.68. The number of carbonyl (C=O) groups excluding carboxylic acids is 1. The van der Waals surface area contributed by atoms with Crippen LogP contribution < -0.4 is 5.73 Å². The molecule has 6 nitrogen and oxygen atoms in total. The monoisotopic (exact) mass is 450 g/mol. The van der Waals surface area contributed by atoms with Gasteiger partial charge in [-0.25, -0.2) is 0 Å². The Morgan fingerprint density at radius 3 is 1.60 bits per heavy atom. The second-order valence-corrected chi connectivity index (χ2v) is 6.02. The van der Waals surface area contributed by atoms with Crippen molar-refractivity contribution in [2.45, 2.75) is 96.8 Å². The van der Waals surface area contributed by atoms with Gasteiger partial charge >= 0.3 is 22.4 Å². The number of nitrogens with zero attached hydrogens (tertiary/aromatic N) is 1. The summed E-state index contributed by atoms with van der Waals surface area (Å²) >= 11 is 0. The summed E-state index contributed by atoms with van der Waals surface area (Å²) in [5.74, 6) is -0.164. The summed E-state index contributed by atoms with van der Waals surface area (Å²) in [4.78, 5) is 18.8. The first-order valence-corrected chi connectivity index (χ1v) is 9.25. The molecule has 0 saturated heterocycles. The smallest absolute Gasteiger partial charge is 0.370 e. The maximum atomic E-state index is 10.5. The van der Waals surface area contributed by atoms with E-state index in [4.69, 9.17) is 21.1 Å². The third kappa shape index (κ3) is 39.7. The molecule has 0 radical (unpaired) electrons. The van der Waals surface area contributed by atoms with E-state index in [1.807, 2.05) is 0 Å². The summed E-state index contributed by atoms with van der Waals surface area (Å²) < 4.78 is 0. The van der Waals surface area contributed by atoms with Crippen LogP contribution in [-0.4, -0.2) is 11.0 Å². The Labute approximate surface area is 168 Å². The molecule has 0 saturated carbocycles. The summed E-state index contributed by atoms with van der Waals surface area (Å²) in [7, 11) is 0. The molecular weight excluding hydrogens is 416 g/mol. The fourth-order valence-electron chi connectivity index (χ4n) is 2.37. The molecule has 0 fully saturated rings. The van der Waals surface area contributed by atoms with Crippen molar-refractivity contribution in [2.24, 2.45) is 5.73 Å². The number of hydrogen-bond acceptors (Lipinski definition) is 4. The van der Waals surface area contributed by atoms with Crippen LogP contribution >= 0.6 is 0 Å². The zero-order chi connectivity index (χ0) is 18.5. The predicted molar refractivity (Wildman–Crippen MR) is 99.0 cm³/mol. The van der Waals surface area contributed by atoms with Crippen LogP contribution in [0.5, 0.6) is 0 Å². The third-order valence-electron chi connectivity index (χ3n) is 3.68. The Hall–Kier alpha value is -0.850. The molecule has 0 unspecified atom stereocenters. The SMILES string of the molecule is CCCCCCCC/C=C\CCCCCCCC(N)=O.O=[N+]([O-])[O-].[Ag+]. The minimum absolute atomic E-state index is 0. The van der Waals surface area contributed by atoms with Gasteiger partial charge in [-0.15, -0.1) is 0 Å². The van der Waals surface area contributed by atoms with Crippen LogP contribution in [-0.2, 0) is 27.2 Å². The number of allylic oxidation sites excluding steroid dienone is 2. The maximum Gasteiger partial charge on any atom is 1.00 e. The van der Waals surface area contributed by atoms with Crippen molar-refractivity contribution in [1.82, 2.24) is 0 Å². The molecule has 1 amide bonds. The normalized spacial score (nSPS) is 9.96. The average Bonchev–Trinajstić information content (AvgIpc) is 2.50. The molecule has 152 valence electrons. The standard InChI is InChI=1S/C18H35NO.Ag.NO3/c1-2-3-4-5-6-7-8-9-10-11-12-13-14-15-16-17-18(19)20;;2-1(3)4/h9-10H,2-8,11-17H2,1H3,(H2,19,20);;/q;+1;-1/b10-9-;;. The topological polar surface area (TPSA) is 109 Å². The molecule has 0 rings (SSSR count). The van der Waals surface area contributed by atoms with E-state index in [2.05, 4.69) is 19.1 Å². The van der Waals surface area contributed by atoms with Gasteiger partial charge in [-0.3, -0.25) is 4.79 Å². The number of rotatable bonds is 15. The predicted octanol–water partition coefficient (Wildman–Crippen LogP) is 5.27. The Morgan fingerprint density at radius 1 is 0.840 bits per heavy atom. The summed E-state index contributed by atoms with van der Waals surface area (Å²) in [6, 6.07) is 0. The van der Waals surface area contributed by atoms with Gasteiger partial charge in [0, 0.05) is 6.42 Å². The van der Waals surface area contributed by atoms with Crippen molar-refractivity contribution in [1.29, 1.82) is 0 Å². The molecule has 0 aliphatic heterocycles. The fraction of sp³-hybridized carbons (Fsp3) is 0.833. The Kier molecular flexibility index (Phi) is 29.4. The molecule has 0 aromatic rings. The van der Waals surface area contributed by atoms with Crippen LogP contribution in [0.2, 0.25) is 0 Å². The number of unbranched alkanes of at least 4 members (excludes halogenated alkanes) is 11. The van der Waals surface area contributed by atoms with Crippen molar-refractivity contribution in [3.05, 3.63) is 27.5 Å². The van der Waals surface area contributed by atoms with Gasteiger partial charge in [0.05, 0.1) is 5.09 Å². The first-order chi connectivity index (χ1) is 11.5. The average molecular weight is 451 g/mol. The summed E-state index contributed by atoms with van der Waals surface area (Å²) in [5, 5.41) is 14.8. The minimum Gasteiger partial charge on any atom is -0.370 e.